The molecule has 2 amide bonds. The number of aryl methyl sites for hydroxylation is 1. The summed E-state index contributed by atoms with van der Waals surface area (Å²) in [5.74, 6) is 0.226. The Morgan fingerprint density at radius 1 is 1.06 bits per heavy atom. The van der Waals surface area contributed by atoms with Crippen molar-refractivity contribution in [1.29, 1.82) is 0 Å². The maximum absolute atomic E-state index is 13.0. The number of urea groups is 1. The van der Waals surface area contributed by atoms with Crippen molar-refractivity contribution in [2.45, 2.75) is 36.6 Å². The number of fused-ring (bicyclic) bond motifs is 1. The average Bonchev–Trinajstić information content (AvgIpc) is 3.22. The number of hydrogen-bond donors (Lipinski definition) is 2. The van der Waals surface area contributed by atoms with E-state index in [2.05, 4.69) is 32.6 Å². The number of nitrogens with one attached hydrogen (secondary N) is 2. The zero-order valence-electron chi connectivity index (χ0n) is 17.1. The first-order valence-corrected chi connectivity index (χ1v) is 10.7. The largest absolute Gasteiger partial charge is 0.323 e. The van der Waals surface area contributed by atoms with Crippen molar-refractivity contribution in [3.63, 3.8) is 0 Å². The van der Waals surface area contributed by atoms with Crippen LogP contribution in [0.15, 0.2) is 64.8 Å². The Bertz CT molecular complexity index is 1210. The SMILES string of the molecule is CCCc1c(C)nc2ncnn2c1Sc1ccc(NC(=O)Nc2ccc(F)cc2)cc1. The second-order valence-corrected chi connectivity index (χ2v) is 7.98. The van der Waals surface area contributed by atoms with Crippen LogP contribution in [0.25, 0.3) is 5.78 Å². The minimum absolute atomic E-state index is 0.353. The van der Waals surface area contributed by atoms with Gasteiger partial charge in [-0.3, -0.25) is 0 Å². The zero-order chi connectivity index (χ0) is 21.8. The van der Waals surface area contributed by atoms with Crippen LogP contribution in [0.3, 0.4) is 0 Å². The molecule has 0 saturated carbocycles. The Hall–Kier alpha value is -3.46. The van der Waals surface area contributed by atoms with Gasteiger partial charge in [0.05, 0.1) is 0 Å². The van der Waals surface area contributed by atoms with Crippen LogP contribution >= 0.6 is 11.8 Å². The van der Waals surface area contributed by atoms with Crippen LogP contribution in [0.4, 0.5) is 20.6 Å². The molecule has 0 radical (unpaired) electrons. The van der Waals surface area contributed by atoms with Gasteiger partial charge in [-0.1, -0.05) is 25.1 Å². The first-order chi connectivity index (χ1) is 15.0. The van der Waals surface area contributed by atoms with Crippen LogP contribution in [0.5, 0.6) is 0 Å². The number of nitrogens with zero attached hydrogens (tertiary/aromatic N) is 4. The summed E-state index contributed by atoms with van der Waals surface area (Å²) in [5, 5.41) is 10.8. The molecule has 0 aliphatic heterocycles. The van der Waals surface area contributed by atoms with Crippen LogP contribution in [-0.4, -0.2) is 25.6 Å². The summed E-state index contributed by atoms with van der Waals surface area (Å²) in [4.78, 5) is 21.9. The van der Waals surface area contributed by atoms with E-state index in [1.54, 1.807) is 16.3 Å². The summed E-state index contributed by atoms with van der Waals surface area (Å²) in [6.07, 6.45) is 3.41. The average molecular weight is 437 g/mol. The Labute approximate surface area is 183 Å². The van der Waals surface area contributed by atoms with E-state index in [1.165, 1.54) is 30.6 Å². The molecule has 2 aromatic heterocycles. The van der Waals surface area contributed by atoms with Gasteiger partial charge in [0, 0.05) is 27.5 Å². The van der Waals surface area contributed by atoms with E-state index in [-0.39, 0.29) is 5.82 Å². The van der Waals surface area contributed by atoms with E-state index in [9.17, 15) is 9.18 Å². The van der Waals surface area contributed by atoms with Gasteiger partial charge in [0.2, 0.25) is 0 Å². The van der Waals surface area contributed by atoms with Crippen molar-refractivity contribution in [1.82, 2.24) is 19.6 Å². The standard InChI is InChI=1S/C22H21FN6OS/c1-3-4-19-14(2)26-21-24-13-25-29(21)20(19)31-18-11-9-17(10-12-18)28-22(30)27-16-7-5-15(23)6-8-16/h5-13H,3-4H2,1-2H3,(H2,27,28,30). The summed E-state index contributed by atoms with van der Waals surface area (Å²) in [5.41, 5.74) is 3.28. The second kappa shape index (κ2) is 9.13. The number of hydrogen-bond acceptors (Lipinski definition) is 5. The summed E-state index contributed by atoms with van der Waals surface area (Å²) < 4.78 is 14.7. The number of rotatable bonds is 6. The number of anilines is 2. The molecule has 31 heavy (non-hydrogen) atoms. The first kappa shape index (κ1) is 20.8. The van der Waals surface area contributed by atoms with Gasteiger partial charge >= 0.3 is 6.03 Å². The van der Waals surface area contributed by atoms with Crippen molar-refractivity contribution in [3.05, 3.63) is 71.9 Å². The molecular weight excluding hydrogens is 415 g/mol. The van der Waals surface area contributed by atoms with Gasteiger partial charge in [-0.05, 0) is 61.9 Å². The highest BCUT2D eigenvalue weighted by Gasteiger charge is 2.15. The third-order valence-corrected chi connectivity index (χ3v) is 5.73. The van der Waals surface area contributed by atoms with E-state index in [4.69, 9.17) is 0 Å². The smallest absolute Gasteiger partial charge is 0.308 e. The van der Waals surface area contributed by atoms with Gasteiger partial charge in [-0.25, -0.2) is 14.2 Å². The lowest BCUT2D eigenvalue weighted by molar-refractivity contribution is 0.262. The number of halogens is 1. The number of amides is 2. The molecule has 7 nitrogen and oxygen atoms in total. The maximum Gasteiger partial charge on any atom is 0.323 e. The molecule has 0 saturated heterocycles. The van der Waals surface area contributed by atoms with E-state index in [0.717, 1.165) is 34.0 Å². The summed E-state index contributed by atoms with van der Waals surface area (Å²) in [7, 11) is 0. The lowest BCUT2D eigenvalue weighted by atomic mass is 10.1. The molecule has 2 N–H and O–H groups in total. The molecule has 2 aromatic carbocycles. The molecule has 0 unspecified atom stereocenters. The number of carbonyl (C=O) groups is 1. The molecule has 0 bridgehead atoms. The Morgan fingerprint density at radius 2 is 1.71 bits per heavy atom. The molecule has 158 valence electrons. The monoisotopic (exact) mass is 436 g/mol. The van der Waals surface area contributed by atoms with Gasteiger partial charge < -0.3 is 10.6 Å². The minimum atomic E-state index is -0.397. The predicted molar refractivity (Wildman–Crippen MR) is 119 cm³/mol. The molecule has 0 fully saturated rings. The fourth-order valence-corrected chi connectivity index (χ4v) is 4.23. The fourth-order valence-electron chi connectivity index (χ4n) is 3.14. The second-order valence-electron chi connectivity index (χ2n) is 6.92. The van der Waals surface area contributed by atoms with E-state index < -0.39 is 6.03 Å². The molecule has 0 aliphatic carbocycles. The van der Waals surface area contributed by atoms with Gasteiger partial charge in [-0.2, -0.15) is 14.6 Å². The van der Waals surface area contributed by atoms with E-state index in [1.807, 2.05) is 31.2 Å². The van der Waals surface area contributed by atoms with Gasteiger partial charge in [-0.15, -0.1) is 0 Å². The molecule has 0 atom stereocenters. The highest BCUT2D eigenvalue weighted by atomic mass is 32.2. The minimum Gasteiger partial charge on any atom is -0.308 e. The third-order valence-electron chi connectivity index (χ3n) is 4.61. The zero-order valence-corrected chi connectivity index (χ0v) is 17.9. The Balaban J connectivity index is 1.49. The van der Waals surface area contributed by atoms with E-state index >= 15 is 0 Å². The maximum atomic E-state index is 13.0. The lowest BCUT2D eigenvalue weighted by Crippen LogP contribution is -2.19. The van der Waals surface area contributed by atoms with Crippen molar-refractivity contribution < 1.29 is 9.18 Å². The molecule has 9 heteroatoms. The first-order valence-electron chi connectivity index (χ1n) is 9.84. The van der Waals surface area contributed by atoms with Crippen molar-refractivity contribution in [2.24, 2.45) is 0 Å². The molecular formula is C22H21FN6OS. The molecule has 0 spiro atoms. The summed E-state index contributed by atoms with van der Waals surface area (Å²) >= 11 is 1.59. The normalized spacial score (nSPS) is 10.9. The molecule has 0 aliphatic rings. The van der Waals surface area contributed by atoms with Crippen molar-refractivity contribution in [2.75, 3.05) is 10.6 Å². The molecule has 4 aromatic rings. The van der Waals surface area contributed by atoms with Gasteiger partial charge in [0.1, 0.15) is 17.2 Å². The highest BCUT2D eigenvalue weighted by Crippen LogP contribution is 2.33. The Kier molecular flexibility index (Phi) is 6.13. The van der Waals surface area contributed by atoms with Crippen LogP contribution in [0.1, 0.15) is 24.6 Å². The van der Waals surface area contributed by atoms with Crippen LogP contribution in [-0.2, 0) is 6.42 Å². The van der Waals surface area contributed by atoms with Gasteiger partial charge in [0.25, 0.3) is 5.78 Å². The van der Waals surface area contributed by atoms with Crippen LogP contribution in [0.2, 0.25) is 0 Å². The number of benzene rings is 2. The molecule has 2 heterocycles. The summed E-state index contributed by atoms with van der Waals surface area (Å²) in [6, 6.07) is 12.7. The number of carbonyl (C=O) groups excluding carboxylic acids is 1. The highest BCUT2D eigenvalue weighted by molar-refractivity contribution is 7.99. The van der Waals surface area contributed by atoms with Crippen LogP contribution < -0.4 is 10.6 Å². The van der Waals surface area contributed by atoms with Crippen LogP contribution in [0, 0.1) is 12.7 Å². The number of aromatic nitrogens is 4. The Morgan fingerprint density at radius 3 is 2.35 bits per heavy atom. The quantitative estimate of drug-likeness (QED) is 0.400. The topological polar surface area (TPSA) is 84.2 Å². The van der Waals surface area contributed by atoms with Gasteiger partial charge in [0.15, 0.2) is 0 Å². The van der Waals surface area contributed by atoms with E-state index in [0.29, 0.717) is 17.2 Å². The third kappa shape index (κ3) is 4.83. The lowest BCUT2D eigenvalue weighted by Gasteiger charge is -2.13. The summed E-state index contributed by atoms with van der Waals surface area (Å²) in [6.45, 7) is 4.13. The van der Waals surface area contributed by atoms with Crippen molar-refractivity contribution in [3.8, 4) is 0 Å². The van der Waals surface area contributed by atoms with Crippen molar-refractivity contribution >= 4 is 34.9 Å². The predicted octanol–water partition coefficient (Wildman–Crippen LogP) is 5.32. The molecule has 4 rings (SSSR count). The fraction of sp³-hybridized carbons (Fsp3) is 0.182.